The maximum atomic E-state index is 15.2. The van der Waals surface area contributed by atoms with Crippen molar-refractivity contribution in [2.24, 2.45) is 17.1 Å². The number of imidazole rings is 1. The van der Waals surface area contributed by atoms with Crippen molar-refractivity contribution in [3.05, 3.63) is 120 Å². The Hall–Kier alpha value is -8.04. The van der Waals surface area contributed by atoms with Crippen molar-refractivity contribution in [2.75, 3.05) is 31.6 Å². The van der Waals surface area contributed by atoms with E-state index in [1.165, 1.54) is 12.2 Å². The number of anilines is 1. The topological polar surface area (TPSA) is 256 Å². The second-order valence-corrected chi connectivity index (χ2v) is 20.7. The molecule has 426 valence electrons. The second-order valence-electron chi connectivity index (χ2n) is 20.7. The lowest BCUT2D eigenvalue weighted by molar-refractivity contribution is -0.137. The zero-order valence-electron chi connectivity index (χ0n) is 45.6. The highest BCUT2D eigenvalue weighted by molar-refractivity contribution is 6.12. The molecule has 0 spiro atoms. The molecule has 2 heterocycles. The van der Waals surface area contributed by atoms with Crippen molar-refractivity contribution in [3.63, 3.8) is 0 Å². The van der Waals surface area contributed by atoms with Crippen molar-refractivity contribution in [2.45, 2.75) is 130 Å². The maximum Gasteiger partial charge on any atom is 0.407 e. The number of alkyl carbamates (subject to hydrolysis) is 1. The summed E-state index contributed by atoms with van der Waals surface area (Å²) in [6, 6.07) is 14.1. The first-order valence-electron chi connectivity index (χ1n) is 26.5. The summed E-state index contributed by atoms with van der Waals surface area (Å²) in [7, 11) is 0. The fourth-order valence-electron chi connectivity index (χ4n) is 8.94. The molecule has 0 radical (unpaired) electrons. The van der Waals surface area contributed by atoms with Gasteiger partial charge in [0.15, 0.2) is 0 Å². The molecule has 22 heteroatoms. The highest BCUT2D eigenvalue weighted by Gasteiger charge is 2.39. The first-order valence-corrected chi connectivity index (χ1v) is 26.5. The number of nitrogens with zero attached hydrogens (tertiary/aromatic N) is 4. The van der Waals surface area contributed by atoms with Crippen LogP contribution < -0.4 is 32.3 Å². The molecule has 5 rings (SSSR count). The predicted molar refractivity (Wildman–Crippen MR) is 290 cm³/mol. The number of benzene rings is 3. The van der Waals surface area contributed by atoms with Gasteiger partial charge in [-0.05, 0) is 84.9 Å². The molecule has 9 amide bonds. The van der Waals surface area contributed by atoms with Crippen LogP contribution in [0.1, 0.15) is 116 Å². The van der Waals surface area contributed by atoms with E-state index in [9.17, 15) is 47.1 Å². The number of primary amides is 1. The first kappa shape index (κ1) is 61.8. The third kappa shape index (κ3) is 18.8. The van der Waals surface area contributed by atoms with Crippen LogP contribution in [0.2, 0.25) is 0 Å². The number of nitrogens with one attached hydrogen (secondary N) is 5. The zero-order valence-corrected chi connectivity index (χ0v) is 45.6. The number of alkyl halides is 1. The second kappa shape index (κ2) is 29.6. The van der Waals surface area contributed by atoms with Crippen LogP contribution in [0.5, 0.6) is 0 Å². The Kier molecular flexibility index (Phi) is 23.2. The highest BCUT2D eigenvalue weighted by atomic mass is 19.1. The Morgan fingerprint density at radius 3 is 2.15 bits per heavy atom. The number of hydrogen-bond acceptors (Lipinski definition) is 10. The molecule has 7 N–H and O–H groups in total. The van der Waals surface area contributed by atoms with E-state index in [2.05, 4.69) is 26.6 Å². The van der Waals surface area contributed by atoms with Crippen LogP contribution in [0.4, 0.5) is 28.4 Å². The van der Waals surface area contributed by atoms with Crippen LogP contribution in [0.3, 0.4) is 0 Å². The number of unbranched alkanes of at least 4 members (excludes halogenated alkanes) is 2. The standard InChI is InChI=1S/C57H73F3N10O9/c1-7-47(72)70(51(57(4,5)6)52-65-45(42-31-39(59)21-24-43(42)60)34-68(52)33-37-15-10-8-11-16-37)30-27-41(32-58)64-56(78)79-35-38-19-22-40(23-20-38)63-53(75)44(17-14-28-62-55(61)77)66-54(76)50(36(2)3)67-46(71)18-12-9-13-29-69-48(73)25-26-49(69)74/h8,10-11,15-16,19-26,31,34,36,41,44,50-51H,7,9,12-14,17-18,27-30,32-33,35H2,1-6H3,(H,63,75)(H,64,78)(H,66,76)(H,67,71)(H3,61,62,77). The molecule has 3 aromatic carbocycles. The number of amides is 9. The molecule has 4 atom stereocenters. The summed E-state index contributed by atoms with van der Waals surface area (Å²) in [5.41, 5.74) is 6.36. The van der Waals surface area contributed by atoms with E-state index >= 15 is 4.39 Å². The Morgan fingerprint density at radius 2 is 1.52 bits per heavy atom. The minimum absolute atomic E-state index is 0.0156. The summed E-state index contributed by atoms with van der Waals surface area (Å²) in [6.45, 7) is 10.3. The van der Waals surface area contributed by atoms with Gasteiger partial charge in [-0.25, -0.2) is 27.7 Å². The van der Waals surface area contributed by atoms with Crippen molar-refractivity contribution in [3.8, 4) is 11.3 Å². The van der Waals surface area contributed by atoms with Crippen LogP contribution in [0.15, 0.2) is 91.1 Å². The Bertz CT molecular complexity index is 2770. The number of carbonyl (C=O) groups is 8. The molecular formula is C57H73F3N10O9. The molecule has 0 saturated carbocycles. The van der Waals surface area contributed by atoms with E-state index in [0.29, 0.717) is 42.9 Å². The number of halogens is 3. The van der Waals surface area contributed by atoms with E-state index in [-0.39, 0.29) is 93.2 Å². The average Bonchev–Trinajstić information content (AvgIpc) is 4.14. The van der Waals surface area contributed by atoms with Gasteiger partial charge in [-0.1, -0.05) is 90.4 Å². The van der Waals surface area contributed by atoms with Crippen molar-refractivity contribution >= 4 is 53.3 Å². The summed E-state index contributed by atoms with van der Waals surface area (Å²) in [5, 5.41) is 13.2. The number of hydrogen-bond donors (Lipinski definition) is 6. The van der Waals surface area contributed by atoms with E-state index in [1.54, 1.807) is 56.1 Å². The predicted octanol–water partition coefficient (Wildman–Crippen LogP) is 7.36. The minimum atomic E-state index is -1.11. The van der Waals surface area contributed by atoms with Gasteiger partial charge in [-0.2, -0.15) is 0 Å². The fraction of sp³-hybridized carbons (Fsp3) is 0.456. The number of imide groups is 1. The monoisotopic (exact) mass is 1100 g/mol. The first-order chi connectivity index (χ1) is 37.6. The number of rotatable bonds is 29. The van der Waals surface area contributed by atoms with E-state index in [1.807, 2.05) is 55.7 Å². The molecule has 4 unspecified atom stereocenters. The minimum Gasteiger partial charge on any atom is -0.445 e. The summed E-state index contributed by atoms with van der Waals surface area (Å²) in [6.07, 6.45) is 5.12. The highest BCUT2D eigenvalue weighted by Crippen LogP contribution is 2.40. The van der Waals surface area contributed by atoms with Crippen LogP contribution in [-0.2, 0) is 46.7 Å². The summed E-state index contributed by atoms with van der Waals surface area (Å²) >= 11 is 0. The summed E-state index contributed by atoms with van der Waals surface area (Å²) < 4.78 is 51.6. The SMILES string of the molecule is CCC(=O)N(CCC(CF)NC(=O)OCc1ccc(NC(=O)C(CCCNC(N)=O)NC(=O)C(NC(=O)CCCCCN2C(=O)C=CC2=O)C(C)C)cc1)C(c1nc(-c2cc(F)ccc2F)cn1Cc1ccccc1)C(C)(C)C. The molecule has 0 fully saturated rings. The number of aromatic nitrogens is 2. The Labute approximate surface area is 458 Å². The zero-order chi connectivity index (χ0) is 57.8. The average molecular weight is 1100 g/mol. The van der Waals surface area contributed by atoms with Crippen molar-refractivity contribution in [1.82, 2.24) is 40.6 Å². The van der Waals surface area contributed by atoms with Gasteiger partial charge in [0.2, 0.25) is 23.6 Å². The van der Waals surface area contributed by atoms with Crippen LogP contribution >= 0.6 is 0 Å². The van der Waals surface area contributed by atoms with E-state index < -0.39 is 77.7 Å². The lowest BCUT2D eigenvalue weighted by atomic mass is 9.84. The van der Waals surface area contributed by atoms with Gasteiger partial charge in [0.1, 0.15) is 42.8 Å². The van der Waals surface area contributed by atoms with Gasteiger partial charge >= 0.3 is 12.1 Å². The van der Waals surface area contributed by atoms with E-state index in [4.69, 9.17) is 15.5 Å². The number of carbonyl (C=O) groups excluding carboxylic acids is 8. The lowest BCUT2D eigenvalue weighted by Crippen LogP contribution is -2.54. The summed E-state index contributed by atoms with van der Waals surface area (Å²) in [4.78, 5) is 110. The molecule has 0 bridgehead atoms. The molecule has 0 saturated heterocycles. The normalized spacial score (nSPS) is 13.8. The van der Waals surface area contributed by atoms with Crippen LogP contribution in [0, 0.1) is 23.0 Å². The number of urea groups is 1. The Balaban J connectivity index is 1.18. The molecule has 1 aliphatic rings. The summed E-state index contributed by atoms with van der Waals surface area (Å²) in [5.74, 6) is -3.91. The molecule has 0 aliphatic carbocycles. The molecular weight excluding hydrogens is 1030 g/mol. The molecule has 79 heavy (non-hydrogen) atoms. The van der Waals surface area contributed by atoms with Gasteiger partial charge in [0.25, 0.3) is 11.8 Å². The smallest absolute Gasteiger partial charge is 0.407 e. The quantitative estimate of drug-likeness (QED) is 0.0233. The molecule has 4 aromatic rings. The maximum absolute atomic E-state index is 15.2. The van der Waals surface area contributed by atoms with Gasteiger partial charge in [0, 0.05) is 68.6 Å². The number of nitrogens with two attached hydrogens (primary N) is 1. The van der Waals surface area contributed by atoms with Gasteiger partial charge < -0.3 is 46.5 Å². The fourth-order valence-corrected chi connectivity index (χ4v) is 8.94. The molecule has 1 aliphatic heterocycles. The van der Waals surface area contributed by atoms with Gasteiger partial charge in [-0.3, -0.25) is 33.7 Å². The third-order valence-electron chi connectivity index (χ3n) is 13.1. The van der Waals surface area contributed by atoms with E-state index in [0.717, 1.165) is 28.7 Å². The van der Waals surface area contributed by atoms with Gasteiger partial charge in [-0.15, -0.1) is 0 Å². The third-order valence-corrected chi connectivity index (χ3v) is 13.1. The molecule has 19 nitrogen and oxygen atoms in total. The Morgan fingerprint density at radius 1 is 0.823 bits per heavy atom. The number of ether oxygens (including phenoxy) is 1. The van der Waals surface area contributed by atoms with Gasteiger partial charge in [0.05, 0.1) is 17.8 Å². The lowest BCUT2D eigenvalue weighted by Gasteiger charge is -2.40. The van der Waals surface area contributed by atoms with Crippen molar-refractivity contribution < 1.29 is 56.3 Å². The largest absolute Gasteiger partial charge is 0.445 e. The molecule has 1 aromatic heterocycles. The van der Waals surface area contributed by atoms with Crippen LogP contribution in [0.25, 0.3) is 11.3 Å². The van der Waals surface area contributed by atoms with Crippen molar-refractivity contribution in [1.29, 1.82) is 0 Å². The van der Waals surface area contributed by atoms with Crippen LogP contribution in [-0.4, -0.2) is 111 Å².